The highest BCUT2D eigenvalue weighted by Crippen LogP contribution is 2.41. The fourth-order valence-electron chi connectivity index (χ4n) is 4.13. The summed E-state index contributed by atoms with van der Waals surface area (Å²) in [4.78, 5) is 2.69. The first kappa shape index (κ1) is 14.7. The lowest BCUT2D eigenvalue weighted by Gasteiger charge is -2.41. The summed E-state index contributed by atoms with van der Waals surface area (Å²) in [6.45, 7) is 5.61. The van der Waals surface area contributed by atoms with Crippen molar-refractivity contribution in [2.45, 2.75) is 64.1 Å². The Kier molecular flexibility index (Phi) is 4.39. The van der Waals surface area contributed by atoms with Crippen LogP contribution in [-0.2, 0) is 0 Å². The van der Waals surface area contributed by atoms with Crippen LogP contribution < -0.4 is 15.0 Å². The van der Waals surface area contributed by atoms with Gasteiger partial charge in [-0.05, 0) is 69.3 Å². The summed E-state index contributed by atoms with van der Waals surface area (Å²) in [6.07, 6.45) is 6.51. The molecule has 21 heavy (non-hydrogen) atoms. The van der Waals surface area contributed by atoms with Gasteiger partial charge in [0, 0.05) is 23.8 Å². The fraction of sp³-hybridized carbons (Fsp3) is 0.667. The van der Waals surface area contributed by atoms with Crippen molar-refractivity contribution in [1.82, 2.24) is 5.32 Å². The second kappa shape index (κ2) is 6.27. The number of ether oxygens (including phenoxy) is 1. The number of piperidine rings is 1. The van der Waals surface area contributed by atoms with Crippen molar-refractivity contribution in [1.29, 1.82) is 0 Å². The topological polar surface area (TPSA) is 24.5 Å². The maximum Gasteiger partial charge on any atom is 0.119 e. The number of aryl methyl sites for hydroxylation is 1. The lowest BCUT2D eigenvalue weighted by Crippen LogP contribution is -2.49. The van der Waals surface area contributed by atoms with Crippen LogP contribution in [0.15, 0.2) is 18.2 Å². The summed E-state index contributed by atoms with van der Waals surface area (Å²) in [7, 11) is 1.74. The molecule has 3 heteroatoms. The average molecular weight is 288 g/mol. The number of anilines is 1. The normalized spacial score (nSPS) is 28.0. The molecule has 2 fully saturated rings. The van der Waals surface area contributed by atoms with Crippen LogP contribution in [0.3, 0.4) is 0 Å². The van der Waals surface area contributed by atoms with E-state index in [0.717, 1.165) is 18.3 Å². The number of methoxy groups -OCH3 is 1. The maximum absolute atomic E-state index is 5.34. The lowest BCUT2D eigenvalue weighted by molar-refractivity contribution is 0.356. The molecule has 2 aliphatic heterocycles. The van der Waals surface area contributed by atoms with Crippen LogP contribution in [0.1, 0.15) is 44.6 Å². The summed E-state index contributed by atoms with van der Waals surface area (Å²) >= 11 is 0. The molecule has 2 atom stereocenters. The molecule has 2 saturated heterocycles. The molecule has 3 nitrogen and oxygen atoms in total. The molecule has 0 spiro atoms. The van der Waals surface area contributed by atoms with Crippen LogP contribution in [0.25, 0.3) is 0 Å². The Balaban J connectivity index is 1.76. The van der Waals surface area contributed by atoms with E-state index >= 15 is 0 Å². The Hall–Kier alpha value is -1.22. The number of hydrogen-bond acceptors (Lipinski definition) is 3. The van der Waals surface area contributed by atoms with Crippen molar-refractivity contribution >= 4 is 5.69 Å². The highest BCUT2D eigenvalue weighted by atomic mass is 16.5. The van der Waals surface area contributed by atoms with Gasteiger partial charge in [0.25, 0.3) is 0 Å². The second-order valence-electron chi connectivity index (χ2n) is 6.57. The number of nitrogens with zero attached hydrogens (tertiary/aromatic N) is 1. The van der Waals surface area contributed by atoms with E-state index in [9.17, 15) is 0 Å². The van der Waals surface area contributed by atoms with Crippen molar-refractivity contribution in [3.8, 4) is 5.75 Å². The van der Waals surface area contributed by atoms with E-state index in [-0.39, 0.29) is 0 Å². The molecule has 0 amide bonds. The average Bonchev–Trinajstić information content (AvgIpc) is 2.75. The van der Waals surface area contributed by atoms with E-state index in [4.69, 9.17) is 4.74 Å². The Morgan fingerprint density at radius 2 is 1.95 bits per heavy atom. The first-order chi connectivity index (χ1) is 10.2. The zero-order valence-electron chi connectivity index (χ0n) is 13.6. The van der Waals surface area contributed by atoms with E-state index in [0.29, 0.717) is 12.1 Å². The van der Waals surface area contributed by atoms with E-state index in [1.165, 1.54) is 43.4 Å². The number of fused-ring (bicyclic) bond motifs is 2. The number of rotatable bonds is 5. The molecule has 2 aliphatic rings. The lowest BCUT2D eigenvalue weighted by atomic mass is 9.95. The molecule has 0 aliphatic carbocycles. The van der Waals surface area contributed by atoms with Gasteiger partial charge in [0.05, 0.1) is 7.11 Å². The van der Waals surface area contributed by atoms with Crippen molar-refractivity contribution in [3.63, 3.8) is 0 Å². The number of benzene rings is 1. The molecule has 116 valence electrons. The Bertz CT molecular complexity index is 474. The van der Waals surface area contributed by atoms with E-state index in [1.807, 2.05) is 0 Å². The minimum absolute atomic E-state index is 0.713. The molecular formula is C18H28N2O. The van der Waals surface area contributed by atoms with Gasteiger partial charge >= 0.3 is 0 Å². The molecule has 1 N–H and O–H groups in total. The van der Waals surface area contributed by atoms with Crippen LogP contribution in [0.5, 0.6) is 5.75 Å². The third-order valence-electron chi connectivity index (χ3n) is 5.10. The summed E-state index contributed by atoms with van der Waals surface area (Å²) in [6, 6.07) is 8.66. The third kappa shape index (κ3) is 2.89. The van der Waals surface area contributed by atoms with Gasteiger partial charge < -0.3 is 15.0 Å². The third-order valence-corrected chi connectivity index (χ3v) is 5.10. The van der Waals surface area contributed by atoms with Gasteiger partial charge in [-0.25, -0.2) is 0 Å². The van der Waals surface area contributed by atoms with Crippen molar-refractivity contribution in [2.75, 3.05) is 18.6 Å². The summed E-state index contributed by atoms with van der Waals surface area (Å²) in [5.41, 5.74) is 2.75. The van der Waals surface area contributed by atoms with E-state index in [1.54, 1.807) is 7.11 Å². The van der Waals surface area contributed by atoms with Crippen LogP contribution in [0, 0.1) is 6.92 Å². The first-order valence-corrected chi connectivity index (χ1v) is 8.39. The fourth-order valence-corrected chi connectivity index (χ4v) is 4.13. The summed E-state index contributed by atoms with van der Waals surface area (Å²) in [5, 5.41) is 3.73. The molecule has 3 rings (SSSR count). The molecule has 0 saturated carbocycles. The minimum Gasteiger partial charge on any atom is -0.497 e. The predicted octanol–water partition coefficient (Wildman–Crippen LogP) is 3.50. The zero-order valence-corrected chi connectivity index (χ0v) is 13.6. The zero-order chi connectivity index (χ0) is 14.8. The van der Waals surface area contributed by atoms with Crippen molar-refractivity contribution < 1.29 is 4.74 Å². The minimum atomic E-state index is 0.713. The van der Waals surface area contributed by atoms with Gasteiger partial charge in [-0.15, -0.1) is 0 Å². The van der Waals surface area contributed by atoms with E-state index < -0.39 is 0 Å². The van der Waals surface area contributed by atoms with Gasteiger partial charge in [0.1, 0.15) is 5.75 Å². The largest absolute Gasteiger partial charge is 0.497 e. The molecule has 1 aromatic rings. The standard InChI is InChI=1S/C18H28N2O/c1-4-9-19-14-11-15-5-6-16(12-14)20(15)18-8-7-17(21-3)10-13(18)2/h7-8,10,14-16,19H,4-6,9,11-12H2,1-3H3. The maximum atomic E-state index is 5.34. The SMILES string of the molecule is CCCNC1CC2CCC(C1)N2c1ccc(OC)cc1C. The number of hydrogen-bond donors (Lipinski definition) is 1. The van der Waals surface area contributed by atoms with Crippen molar-refractivity contribution in [2.24, 2.45) is 0 Å². The second-order valence-corrected chi connectivity index (χ2v) is 6.57. The quantitative estimate of drug-likeness (QED) is 0.897. The Morgan fingerprint density at radius 1 is 1.24 bits per heavy atom. The molecule has 2 bridgehead atoms. The number of nitrogens with one attached hydrogen (secondary N) is 1. The van der Waals surface area contributed by atoms with Gasteiger partial charge in [-0.2, -0.15) is 0 Å². The monoisotopic (exact) mass is 288 g/mol. The van der Waals surface area contributed by atoms with Gasteiger partial charge in [0.2, 0.25) is 0 Å². The Labute approximate surface area is 128 Å². The van der Waals surface area contributed by atoms with Gasteiger partial charge in [-0.1, -0.05) is 6.92 Å². The van der Waals surface area contributed by atoms with Crippen molar-refractivity contribution in [3.05, 3.63) is 23.8 Å². The highest BCUT2D eigenvalue weighted by Gasteiger charge is 2.40. The van der Waals surface area contributed by atoms with Crippen LogP contribution in [-0.4, -0.2) is 31.8 Å². The van der Waals surface area contributed by atoms with Gasteiger partial charge in [0.15, 0.2) is 0 Å². The van der Waals surface area contributed by atoms with Gasteiger partial charge in [-0.3, -0.25) is 0 Å². The summed E-state index contributed by atoms with van der Waals surface area (Å²) < 4.78 is 5.34. The Morgan fingerprint density at radius 3 is 2.52 bits per heavy atom. The molecule has 1 aromatic carbocycles. The van der Waals surface area contributed by atoms with E-state index in [2.05, 4.69) is 42.3 Å². The predicted molar refractivity (Wildman–Crippen MR) is 88.3 cm³/mol. The molecule has 0 radical (unpaired) electrons. The molecule has 2 heterocycles. The first-order valence-electron chi connectivity index (χ1n) is 8.39. The molecule has 0 aromatic heterocycles. The summed E-state index contributed by atoms with van der Waals surface area (Å²) in [5.74, 6) is 0.961. The van der Waals surface area contributed by atoms with Crippen LogP contribution >= 0.6 is 0 Å². The van der Waals surface area contributed by atoms with Crippen LogP contribution in [0.2, 0.25) is 0 Å². The van der Waals surface area contributed by atoms with Crippen LogP contribution in [0.4, 0.5) is 5.69 Å². The molecule has 2 unspecified atom stereocenters. The smallest absolute Gasteiger partial charge is 0.119 e. The highest BCUT2D eigenvalue weighted by molar-refractivity contribution is 5.58. The molecular weight excluding hydrogens is 260 g/mol.